The number of aromatic nitrogens is 1. The molecular weight excluding hydrogens is 446 g/mol. The van der Waals surface area contributed by atoms with Gasteiger partial charge in [0, 0.05) is 44.7 Å². The zero-order chi connectivity index (χ0) is 24.9. The number of hydrogen-bond acceptors (Lipinski definition) is 7. The van der Waals surface area contributed by atoms with Gasteiger partial charge >= 0.3 is 0 Å². The second kappa shape index (κ2) is 10.8. The predicted octanol–water partition coefficient (Wildman–Crippen LogP) is 4.15. The predicted molar refractivity (Wildman–Crippen MR) is 136 cm³/mol. The van der Waals surface area contributed by atoms with Crippen LogP contribution in [0, 0.1) is 0 Å². The Balaban J connectivity index is 1.80. The van der Waals surface area contributed by atoms with Gasteiger partial charge in [-0.1, -0.05) is 12.1 Å². The van der Waals surface area contributed by atoms with Crippen LogP contribution in [-0.4, -0.2) is 70.5 Å². The van der Waals surface area contributed by atoms with E-state index in [1.165, 1.54) is 0 Å². The Morgan fingerprint density at radius 2 is 1.74 bits per heavy atom. The third-order valence-electron chi connectivity index (χ3n) is 6.26. The molecule has 2 aromatic carbocycles. The van der Waals surface area contributed by atoms with Gasteiger partial charge in [0.15, 0.2) is 0 Å². The topological polar surface area (TPSA) is 73.4 Å². The summed E-state index contributed by atoms with van der Waals surface area (Å²) in [6, 6.07) is 13.1. The fourth-order valence-corrected chi connectivity index (χ4v) is 4.54. The number of benzene rings is 2. The van der Waals surface area contributed by atoms with E-state index in [0.29, 0.717) is 41.4 Å². The second-order valence-electron chi connectivity index (χ2n) is 8.75. The average molecular weight is 480 g/mol. The third kappa shape index (κ3) is 5.12. The van der Waals surface area contributed by atoms with Crippen LogP contribution in [0.2, 0.25) is 0 Å². The minimum absolute atomic E-state index is 0.000455. The van der Waals surface area contributed by atoms with E-state index >= 15 is 0 Å². The highest BCUT2D eigenvalue weighted by molar-refractivity contribution is 5.97. The highest BCUT2D eigenvalue weighted by Crippen LogP contribution is 2.36. The highest BCUT2D eigenvalue weighted by atomic mass is 16.5. The second-order valence-corrected chi connectivity index (χ2v) is 8.75. The third-order valence-corrected chi connectivity index (χ3v) is 6.26. The molecule has 3 aromatic rings. The molecule has 4 rings (SSSR count). The molecular formula is C27H33N3O5. The summed E-state index contributed by atoms with van der Waals surface area (Å²) in [5.74, 6) is 2.55. The van der Waals surface area contributed by atoms with Gasteiger partial charge in [-0.05, 0) is 43.2 Å². The summed E-state index contributed by atoms with van der Waals surface area (Å²) in [4.78, 5) is 22.5. The first-order valence-corrected chi connectivity index (χ1v) is 11.7. The van der Waals surface area contributed by atoms with Crippen molar-refractivity contribution >= 4 is 22.6 Å². The number of anilines is 1. The summed E-state index contributed by atoms with van der Waals surface area (Å²) in [7, 11) is 8.72. The van der Waals surface area contributed by atoms with Crippen LogP contribution in [-0.2, 0) is 11.3 Å². The minimum atomic E-state index is -0.111. The van der Waals surface area contributed by atoms with Crippen molar-refractivity contribution in [2.45, 2.75) is 25.5 Å². The Morgan fingerprint density at radius 3 is 2.40 bits per heavy atom. The lowest BCUT2D eigenvalue weighted by molar-refractivity contribution is 0.0505. The Kier molecular flexibility index (Phi) is 7.60. The monoisotopic (exact) mass is 479 g/mol. The summed E-state index contributed by atoms with van der Waals surface area (Å²) in [6.07, 6.45) is 1.93. The van der Waals surface area contributed by atoms with Gasteiger partial charge in [-0.25, -0.2) is 4.98 Å². The highest BCUT2D eigenvalue weighted by Gasteiger charge is 2.27. The number of nitrogens with zero attached hydrogens (tertiary/aromatic N) is 3. The molecule has 0 spiro atoms. The average Bonchev–Trinajstić information content (AvgIpc) is 3.39. The molecule has 1 amide bonds. The number of fused-ring (bicyclic) bond motifs is 1. The maximum atomic E-state index is 13.8. The number of rotatable bonds is 9. The molecule has 8 nitrogen and oxygen atoms in total. The quantitative estimate of drug-likeness (QED) is 0.457. The van der Waals surface area contributed by atoms with Gasteiger partial charge < -0.3 is 28.7 Å². The van der Waals surface area contributed by atoms with Crippen molar-refractivity contribution in [2.75, 3.05) is 53.5 Å². The summed E-state index contributed by atoms with van der Waals surface area (Å²) in [5.41, 5.74) is 2.13. The Labute approximate surface area is 206 Å². The van der Waals surface area contributed by atoms with Crippen molar-refractivity contribution in [1.82, 2.24) is 9.88 Å². The van der Waals surface area contributed by atoms with E-state index in [2.05, 4.69) is 0 Å². The zero-order valence-corrected chi connectivity index (χ0v) is 21.0. The fourth-order valence-electron chi connectivity index (χ4n) is 4.54. The summed E-state index contributed by atoms with van der Waals surface area (Å²) < 4.78 is 22.6. The molecule has 1 aliphatic heterocycles. The van der Waals surface area contributed by atoms with Gasteiger partial charge in [0.2, 0.25) is 0 Å². The molecule has 1 aromatic heterocycles. The summed E-state index contributed by atoms with van der Waals surface area (Å²) in [5, 5.41) is 0.828. The van der Waals surface area contributed by atoms with Crippen molar-refractivity contribution in [1.29, 1.82) is 0 Å². The molecule has 0 unspecified atom stereocenters. The number of carbonyl (C=O) groups excluding carboxylic acids is 1. The molecule has 0 N–H and O–H groups in total. The maximum absolute atomic E-state index is 13.8. The molecule has 1 saturated heterocycles. The molecule has 0 saturated carbocycles. The van der Waals surface area contributed by atoms with Crippen LogP contribution >= 0.6 is 0 Å². The number of amides is 1. The van der Waals surface area contributed by atoms with E-state index in [1.807, 2.05) is 54.2 Å². The van der Waals surface area contributed by atoms with Crippen molar-refractivity contribution in [2.24, 2.45) is 0 Å². The van der Waals surface area contributed by atoms with Gasteiger partial charge in [0.1, 0.15) is 28.6 Å². The van der Waals surface area contributed by atoms with Crippen LogP contribution < -0.4 is 19.1 Å². The maximum Gasteiger partial charge on any atom is 0.258 e. The molecule has 0 radical (unpaired) electrons. The van der Waals surface area contributed by atoms with Gasteiger partial charge in [0.25, 0.3) is 5.91 Å². The molecule has 186 valence electrons. The lowest BCUT2D eigenvalue weighted by atomic mass is 10.1. The van der Waals surface area contributed by atoms with Crippen LogP contribution in [0.25, 0.3) is 10.9 Å². The van der Waals surface area contributed by atoms with E-state index in [-0.39, 0.29) is 12.0 Å². The Hall–Kier alpha value is -3.52. The van der Waals surface area contributed by atoms with Crippen molar-refractivity contribution in [3.63, 3.8) is 0 Å². The van der Waals surface area contributed by atoms with Gasteiger partial charge in [0.05, 0.1) is 33.0 Å². The van der Waals surface area contributed by atoms with Gasteiger partial charge in [-0.15, -0.1) is 0 Å². The zero-order valence-electron chi connectivity index (χ0n) is 21.0. The summed E-state index contributed by atoms with van der Waals surface area (Å²) in [6.45, 7) is 1.56. The SMILES string of the molecule is COc1ccccc1C(=O)N(Cc1cc2c(OC)ccc(OC)c2nc1N(C)C)C[C@H]1CCCO1. The van der Waals surface area contributed by atoms with Crippen molar-refractivity contribution in [3.05, 3.63) is 53.6 Å². The van der Waals surface area contributed by atoms with E-state index in [4.69, 9.17) is 23.9 Å². The first kappa shape index (κ1) is 24.6. The first-order chi connectivity index (χ1) is 17.0. The molecule has 1 atom stereocenters. The van der Waals surface area contributed by atoms with Crippen LogP contribution in [0.3, 0.4) is 0 Å². The molecule has 8 heteroatoms. The van der Waals surface area contributed by atoms with Gasteiger partial charge in [-0.2, -0.15) is 0 Å². The number of pyridine rings is 1. The van der Waals surface area contributed by atoms with Crippen LogP contribution in [0.15, 0.2) is 42.5 Å². The lowest BCUT2D eigenvalue weighted by Crippen LogP contribution is -2.37. The molecule has 2 heterocycles. The van der Waals surface area contributed by atoms with Crippen LogP contribution in [0.5, 0.6) is 17.2 Å². The minimum Gasteiger partial charge on any atom is -0.496 e. The molecule has 1 fully saturated rings. The van der Waals surface area contributed by atoms with Crippen LogP contribution in [0.1, 0.15) is 28.8 Å². The van der Waals surface area contributed by atoms with E-state index in [1.54, 1.807) is 33.5 Å². The number of hydrogen-bond donors (Lipinski definition) is 0. The molecule has 0 bridgehead atoms. The number of ether oxygens (including phenoxy) is 4. The standard InChI is InChI=1S/C27H33N3O5/c1-29(2)26-18(15-21-23(33-4)12-13-24(34-5)25(21)28-26)16-30(17-19-9-8-14-35-19)27(31)20-10-6-7-11-22(20)32-3/h6-7,10-13,15,19H,8-9,14,16-17H2,1-5H3/t19-/m1/s1. The number of methoxy groups -OCH3 is 3. The number of carbonyl (C=O) groups is 1. The molecule has 1 aliphatic rings. The van der Waals surface area contributed by atoms with Crippen LogP contribution in [0.4, 0.5) is 5.82 Å². The first-order valence-electron chi connectivity index (χ1n) is 11.7. The van der Waals surface area contributed by atoms with E-state index < -0.39 is 0 Å². The van der Waals surface area contributed by atoms with Crippen molar-refractivity contribution in [3.8, 4) is 17.2 Å². The van der Waals surface area contributed by atoms with Gasteiger partial charge in [-0.3, -0.25) is 4.79 Å². The van der Waals surface area contributed by atoms with E-state index in [0.717, 1.165) is 36.2 Å². The number of para-hydroxylation sites is 1. The smallest absolute Gasteiger partial charge is 0.258 e. The van der Waals surface area contributed by atoms with Crippen molar-refractivity contribution < 1.29 is 23.7 Å². The fraction of sp³-hybridized carbons (Fsp3) is 0.407. The Bertz CT molecular complexity index is 1190. The molecule has 0 aliphatic carbocycles. The Morgan fingerprint density at radius 1 is 1.03 bits per heavy atom. The molecule has 35 heavy (non-hydrogen) atoms. The van der Waals surface area contributed by atoms with E-state index in [9.17, 15) is 4.79 Å². The summed E-state index contributed by atoms with van der Waals surface area (Å²) >= 11 is 0. The normalized spacial score (nSPS) is 15.2. The lowest BCUT2D eigenvalue weighted by Gasteiger charge is -2.28. The largest absolute Gasteiger partial charge is 0.496 e.